The summed E-state index contributed by atoms with van der Waals surface area (Å²) >= 11 is 3.36. The van der Waals surface area contributed by atoms with Crippen LogP contribution in [0.1, 0.15) is 38.7 Å². The molecule has 1 N–H and O–H groups in total. The second-order valence-corrected chi connectivity index (χ2v) is 6.85. The quantitative estimate of drug-likeness (QED) is 0.881. The number of rotatable bonds is 3. The third-order valence-corrected chi connectivity index (χ3v) is 4.99. The third kappa shape index (κ3) is 2.94. The van der Waals surface area contributed by atoms with E-state index in [-0.39, 0.29) is 17.3 Å². The molecule has 0 amide bonds. The Bertz CT molecular complexity index is 431. The van der Waals surface area contributed by atoms with Gasteiger partial charge in [-0.2, -0.15) is 0 Å². The van der Waals surface area contributed by atoms with Gasteiger partial charge >= 0.3 is 0 Å². The zero-order chi connectivity index (χ0) is 13.3. The molecular formula is C15H20BrFO. The molecule has 2 atom stereocenters. The van der Waals surface area contributed by atoms with Crippen LogP contribution < -0.4 is 0 Å². The maximum Gasteiger partial charge on any atom is 0.124 e. The van der Waals surface area contributed by atoms with E-state index in [9.17, 15) is 9.50 Å². The molecule has 0 aromatic heterocycles. The second kappa shape index (κ2) is 5.30. The van der Waals surface area contributed by atoms with Crippen LogP contribution in [-0.4, -0.2) is 11.2 Å². The topological polar surface area (TPSA) is 20.2 Å². The summed E-state index contributed by atoms with van der Waals surface area (Å²) in [6.45, 7) is 4.46. The van der Waals surface area contributed by atoms with Crippen molar-refractivity contribution in [3.05, 3.63) is 34.1 Å². The molecule has 3 heteroatoms. The van der Waals surface area contributed by atoms with E-state index in [2.05, 4.69) is 29.8 Å². The van der Waals surface area contributed by atoms with Gasteiger partial charge in [-0.15, -0.1) is 0 Å². The molecule has 1 aliphatic carbocycles. The van der Waals surface area contributed by atoms with Gasteiger partial charge < -0.3 is 5.11 Å². The fourth-order valence-corrected chi connectivity index (χ4v) is 3.63. The highest BCUT2D eigenvalue weighted by molar-refractivity contribution is 9.10. The lowest BCUT2D eigenvalue weighted by atomic mass is 9.77. The molecule has 0 spiro atoms. The Morgan fingerprint density at radius 3 is 2.78 bits per heavy atom. The molecule has 100 valence electrons. The monoisotopic (exact) mass is 314 g/mol. The molecule has 0 bridgehead atoms. The first kappa shape index (κ1) is 14.0. The average molecular weight is 315 g/mol. The normalized spacial score (nSPS) is 24.2. The van der Waals surface area contributed by atoms with Gasteiger partial charge in [-0.05, 0) is 48.3 Å². The van der Waals surface area contributed by atoms with E-state index in [1.54, 1.807) is 6.07 Å². The summed E-state index contributed by atoms with van der Waals surface area (Å²) < 4.78 is 13.8. The molecule has 0 aliphatic heterocycles. The van der Waals surface area contributed by atoms with Gasteiger partial charge in [0, 0.05) is 4.47 Å². The standard InChI is InChI=1S/C15H20BrFO/c1-15(2)7-3-4-12(15)14(18)8-10-5-6-11(17)9-13(10)16/h5-6,9,12,14,18H,3-4,7-8H2,1-2H3. The Kier molecular flexibility index (Phi) is 4.12. The summed E-state index contributed by atoms with van der Waals surface area (Å²) in [7, 11) is 0. The first-order chi connectivity index (χ1) is 8.40. The molecule has 18 heavy (non-hydrogen) atoms. The minimum absolute atomic E-state index is 0.214. The average Bonchev–Trinajstić information content (AvgIpc) is 2.62. The van der Waals surface area contributed by atoms with E-state index in [1.165, 1.54) is 25.0 Å². The minimum atomic E-state index is -0.343. The Labute approximate surface area is 117 Å². The van der Waals surface area contributed by atoms with E-state index in [1.807, 2.05) is 0 Å². The predicted molar refractivity (Wildman–Crippen MR) is 74.9 cm³/mol. The molecule has 1 saturated carbocycles. The molecule has 1 aromatic rings. The first-order valence-electron chi connectivity index (χ1n) is 6.52. The third-order valence-electron chi connectivity index (χ3n) is 4.25. The van der Waals surface area contributed by atoms with E-state index >= 15 is 0 Å². The van der Waals surface area contributed by atoms with Crippen molar-refractivity contribution >= 4 is 15.9 Å². The lowest BCUT2D eigenvalue weighted by molar-refractivity contribution is 0.0541. The Hall–Kier alpha value is -0.410. The number of hydrogen-bond acceptors (Lipinski definition) is 1. The van der Waals surface area contributed by atoms with Crippen LogP contribution in [0.4, 0.5) is 4.39 Å². The van der Waals surface area contributed by atoms with Crippen LogP contribution in [0.5, 0.6) is 0 Å². The van der Waals surface area contributed by atoms with Crippen LogP contribution in [0.2, 0.25) is 0 Å². The van der Waals surface area contributed by atoms with Gasteiger partial charge in [0.05, 0.1) is 6.10 Å². The van der Waals surface area contributed by atoms with E-state index in [0.717, 1.165) is 16.5 Å². The lowest BCUT2D eigenvalue weighted by Crippen LogP contribution is -2.31. The van der Waals surface area contributed by atoms with Crippen LogP contribution in [0.3, 0.4) is 0 Å². The molecule has 0 saturated heterocycles. The van der Waals surface area contributed by atoms with Crippen molar-refractivity contribution < 1.29 is 9.50 Å². The molecule has 2 rings (SSSR count). The van der Waals surface area contributed by atoms with Gasteiger partial charge in [0.2, 0.25) is 0 Å². The zero-order valence-electron chi connectivity index (χ0n) is 10.9. The SMILES string of the molecule is CC1(C)CCCC1C(O)Cc1ccc(F)cc1Br. The molecule has 1 fully saturated rings. The second-order valence-electron chi connectivity index (χ2n) is 5.99. The van der Waals surface area contributed by atoms with Crippen molar-refractivity contribution in [1.82, 2.24) is 0 Å². The number of benzene rings is 1. The number of hydrogen-bond donors (Lipinski definition) is 1. The fourth-order valence-electron chi connectivity index (χ4n) is 3.12. The first-order valence-corrected chi connectivity index (χ1v) is 7.31. The predicted octanol–water partition coefficient (Wildman–Crippen LogP) is 4.32. The Morgan fingerprint density at radius 1 is 1.50 bits per heavy atom. The van der Waals surface area contributed by atoms with Crippen molar-refractivity contribution in [1.29, 1.82) is 0 Å². The van der Waals surface area contributed by atoms with Gasteiger partial charge in [0.25, 0.3) is 0 Å². The highest BCUT2D eigenvalue weighted by Gasteiger charge is 2.38. The molecule has 1 aromatic carbocycles. The summed E-state index contributed by atoms with van der Waals surface area (Å²) in [5.41, 5.74) is 1.19. The van der Waals surface area contributed by atoms with Crippen LogP contribution in [0, 0.1) is 17.2 Å². The zero-order valence-corrected chi connectivity index (χ0v) is 12.5. The van der Waals surface area contributed by atoms with Gasteiger partial charge in [-0.3, -0.25) is 0 Å². The van der Waals surface area contributed by atoms with E-state index in [0.29, 0.717) is 12.3 Å². The van der Waals surface area contributed by atoms with Crippen molar-refractivity contribution in [3.8, 4) is 0 Å². The van der Waals surface area contributed by atoms with Crippen molar-refractivity contribution in [3.63, 3.8) is 0 Å². The van der Waals surface area contributed by atoms with Crippen LogP contribution in [-0.2, 0) is 6.42 Å². The maximum absolute atomic E-state index is 13.0. The minimum Gasteiger partial charge on any atom is -0.392 e. The van der Waals surface area contributed by atoms with Crippen molar-refractivity contribution in [2.45, 2.75) is 45.6 Å². The highest BCUT2D eigenvalue weighted by Crippen LogP contribution is 2.45. The van der Waals surface area contributed by atoms with Gasteiger partial charge in [-0.25, -0.2) is 4.39 Å². The molecule has 1 aliphatic rings. The van der Waals surface area contributed by atoms with Crippen molar-refractivity contribution in [2.24, 2.45) is 11.3 Å². The number of halogens is 2. The van der Waals surface area contributed by atoms with Gasteiger partial charge in [0.15, 0.2) is 0 Å². The van der Waals surface area contributed by atoms with E-state index in [4.69, 9.17) is 0 Å². The van der Waals surface area contributed by atoms with E-state index < -0.39 is 0 Å². The Morgan fingerprint density at radius 2 is 2.22 bits per heavy atom. The number of aliphatic hydroxyl groups is 1. The summed E-state index contributed by atoms with van der Waals surface area (Å²) in [6, 6.07) is 4.67. The summed E-state index contributed by atoms with van der Waals surface area (Å²) in [5.74, 6) is 0.0933. The summed E-state index contributed by atoms with van der Waals surface area (Å²) in [5, 5.41) is 10.4. The maximum atomic E-state index is 13.0. The molecular weight excluding hydrogens is 295 g/mol. The highest BCUT2D eigenvalue weighted by atomic mass is 79.9. The lowest BCUT2D eigenvalue weighted by Gasteiger charge is -2.31. The van der Waals surface area contributed by atoms with Gasteiger partial charge in [-0.1, -0.05) is 42.3 Å². The number of aliphatic hydroxyl groups excluding tert-OH is 1. The van der Waals surface area contributed by atoms with Crippen LogP contribution >= 0.6 is 15.9 Å². The Balaban J connectivity index is 2.09. The fraction of sp³-hybridized carbons (Fsp3) is 0.600. The largest absolute Gasteiger partial charge is 0.392 e. The molecule has 0 heterocycles. The summed E-state index contributed by atoms with van der Waals surface area (Å²) in [6.07, 6.45) is 3.71. The van der Waals surface area contributed by atoms with Crippen LogP contribution in [0.25, 0.3) is 0 Å². The molecule has 0 radical (unpaired) electrons. The van der Waals surface area contributed by atoms with Crippen molar-refractivity contribution in [2.75, 3.05) is 0 Å². The smallest absolute Gasteiger partial charge is 0.124 e. The summed E-state index contributed by atoms with van der Waals surface area (Å²) in [4.78, 5) is 0. The van der Waals surface area contributed by atoms with Crippen LogP contribution in [0.15, 0.2) is 22.7 Å². The molecule has 2 unspecified atom stereocenters. The molecule has 1 nitrogen and oxygen atoms in total. The van der Waals surface area contributed by atoms with Gasteiger partial charge in [0.1, 0.15) is 5.82 Å².